The Hall–Kier alpha value is -1.18. The Bertz CT molecular complexity index is 1620. The largest absolute Gasteiger partial charge is 1.00 e. The van der Waals surface area contributed by atoms with Gasteiger partial charge in [0.25, 0.3) is 0 Å². The van der Waals surface area contributed by atoms with Gasteiger partial charge in [-0.15, -0.1) is 11.1 Å². The van der Waals surface area contributed by atoms with E-state index in [0.717, 1.165) is 0 Å². The van der Waals surface area contributed by atoms with Crippen LogP contribution in [0.15, 0.2) is 47.7 Å². The SMILES string of the molecule is CC1[C-]=CC([Si](C)(C)C)=C1.C[C](C)=[Zr+2].Cc1cc2c(c(C)c1C)C(C)c1c3c(c4ccccc4c1-2)C(C)C(C)C(C)[C-]3C.[Cl-].[Cl-]. The molecule has 0 radical (unpaired) electrons. The predicted octanol–water partition coefficient (Wildman–Crippen LogP) is 5.78. The smallest absolute Gasteiger partial charge is 0.0264 e. The van der Waals surface area contributed by atoms with Crippen LogP contribution in [0.25, 0.3) is 21.9 Å². The Labute approximate surface area is 304 Å². The topological polar surface area (TPSA) is 0 Å². The van der Waals surface area contributed by atoms with Crippen molar-refractivity contribution >= 4 is 22.1 Å². The second kappa shape index (κ2) is 15.4. The summed E-state index contributed by atoms with van der Waals surface area (Å²) in [5, 5.41) is 4.48. The second-order valence-electron chi connectivity index (χ2n) is 14.8. The van der Waals surface area contributed by atoms with Crippen molar-refractivity contribution in [1.82, 2.24) is 0 Å². The van der Waals surface area contributed by atoms with Crippen LogP contribution in [-0.2, 0) is 24.2 Å². The monoisotopic (exact) mass is 734 g/mol. The molecule has 0 saturated carbocycles. The maximum atomic E-state index is 3.29. The van der Waals surface area contributed by atoms with E-state index in [9.17, 15) is 0 Å². The third kappa shape index (κ3) is 7.61. The van der Waals surface area contributed by atoms with E-state index in [0.29, 0.717) is 29.6 Å². The van der Waals surface area contributed by atoms with Crippen LogP contribution in [0.1, 0.15) is 106 Å². The molecule has 5 unspecified atom stereocenters. The summed E-state index contributed by atoms with van der Waals surface area (Å²) in [5.41, 5.74) is 13.7. The van der Waals surface area contributed by atoms with Gasteiger partial charge in [-0.1, -0.05) is 126 Å². The van der Waals surface area contributed by atoms with Gasteiger partial charge in [0.15, 0.2) is 0 Å². The molecule has 3 aromatic carbocycles. The number of allylic oxidation sites excluding steroid dienone is 4. The normalized spacial score (nSPS) is 22.4. The van der Waals surface area contributed by atoms with E-state index in [2.05, 4.69) is 144 Å². The zero-order chi connectivity index (χ0) is 32.1. The summed E-state index contributed by atoms with van der Waals surface area (Å²) in [6, 6.07) is 11.7. The molecule has 0 saturated heterocycles. The summed E-state index contributed by atoms with van der Waals surface area (Å²) in [5.74, 6) is 4.50. The molecule has 3 aliphatic carbocycles. The van der Waals surface area contributed by atoms with E-state index >= 15 is 0 Å². The van der Waals surface area contributed by atoms with Crippen LogP contribution in [-0.4, -0.2) is 11.3 Å². The van der Waals surface area contributed by atoms with E-state index in [-0.39, 0.29) is 24.8 Å². The minimum Gasteiger partial charge on any atom is -1.00 e. The molecule has 6 rings (SSSR count). The van der Waals surface area contributed by atoms with E-state index in [1.165, 1.54) is 41.8 Å². The molecule has 4 heteroatoms. The molecule has 0 aliphatic heterocycles. The molecule has 0 spiro atoms. The van der Waals surface area contributed by atoms with Gasteiger partial charge in [-0.25, -0.2) is 11.3 Å². The molecule has 0 amide bonds. The van der Waals surface area contributed by atoms with Crippen molar-refractivity contribution < 1.29 is 49.0 Å². The molecule has 5 atom stereocenters. The molecule has 242 valence electrons. The maximum Gasteiger partial charge on any atom is -0.0264 e. The minimum atomic E-state index is -1.02. The van der Waals surface area contributed by atoms with Crippen molar-refractivity contribution in [2.45, 2.75) is 108 Å². The Balaban J connectivity index is 0.000000371. The van der Waals surface area contributed by atoms with Crippen molar-refractivity contribution in [3.8, 4) is 11.1 Å². The number of fused-ring (bicyclic) bond motifs is 8. The first-order valence-electron chi connectivity index (χ1n) is 16.4. The van der Waals surface area contributed by atoms with Gasteiger partial charge >= 0.3 is 41.3 Å². The first-order valence-corrected chi connectivity index (χ1v) is 21.1. The third-order valence-electron chi connectivity index (χ3n) is 10.5. The fraction of sp³-hybridized carbons (Fsp3) is 0.463. The summed E-state index contributed by atoms with van der Waals surface area (Å²) in [6.07, 6.45) is 7.81. The molecule has 3 aliphatic rings. The van der Waals surface area contributed by atoms with Gasteiger partial charge in [0.1, 0.15) is 0 Å². The Kier molecular flexibility index (Phi) is 13.7. The van der Waals surface area contributed by atoms with Crippen LogP contribution in [0, 0.1) is 50.5 Å². The predicted molar refractivity (Wildman–Crippen MR) is 191 cm³/mol. The molecule has 0 bridgehead atoms. The molecular weight excluding hydrogens is 683 g/mol. The van der Waals surface area contributed by atoms with Gasteiger partial charge in [0.2, 0.25) is 0 Å². The molecule has 0 heterocycles. The molecule has 0 nitrogen and oxygen atoms in total. The van der Waals surface area contributed by atoms with Crippen molar-refractivity contribution in [2.24, 2.45) is 17.8 Å². The van der Waals surface area contributed by atoms with E-state index in [4.69, 9.17) is 0 Å². The van der Waals surface area contributed by atoms with E-state index in [1.807, 2.05) is 0 Å². The zero-order valence-electron chi connectivity index (χ0n) is 30.2. The molecule has 45 heavy (non-hydrogen) atoms. The Morgan fingerprint density at radius 1 is 0.844 bits per heavy atom. The fourth-order valence-corrected chi connectivity index (χ4v) is 8.76. The number of hydrogen-bond acceptors (Lipinski definition) is 0. The van der Waals surface area contributed by atoms with Crippen LogP contribution in [0.3, 0.4) is 0 Å². The first kappa shape index (κ1) is 40.0. The van der Waals surface area contributed by atoms with Crippen LogP contribution in [0.2, 0.25) is 19.6 Å². The number of hydrogen-bond donors (Lipinski definition) is 0. The summed E-state index contributed by atoms with van der Waals surface area (Å²) in [4.78, 5) is 0. The second-order valence-corrected chi connectivity index (χ2v) is 22.4. The quantitative estimate of drug-likeness (QED) is 0.220. The average molecular weight is 737 g/mol. The van der Waals surface area contributed by atoms with E-state index in [1.54, 1.807) is 57.6 Å². The van der Waals surface area contributed by atoms with Gasteiger partial charge in [-0.2, -0.15) is 17.6 Å². The fourth-order valence-electron chi connectivity index (χ4n) is 7.49. The molecule has 3 aromatic rings. The summed E-state index contributed by atoms with van der Waals surface area (Å²) in [7, 11) is -1.02. The standard InChI is InChI=1S/C29H33.C9H15Si.C3H6.2ClH.Zr/c1-14-13-24-25(18(5)15(14)2)21(8)28-27-20(7)17(4)16(3)19(6)26(27)22-11-9-10-12-23(22)29(24)28;1-8-5-6-9(7-8)10(2,3)4;1-3-2;;;/h9-13,16-17,19,21H,1-8H3;6-8H,1-4H3;1-2H3;2*1H;/q2*-1;;;;+2/p-2. The summed E-state index contributed by atoms with van der Waals surface area (Å²) in [6.45, 7) is 32.6. The maximum absolute atomic E-state index is 3.29. The molecule has 0 fully saturated rings. The molecular formula is C41H54Cl2SiZr-2. The number of benzene rings is 3. The van der Waals surface area contributed by atoms with Crippen molar-refractivity contribution in [3.05, 3.63) is 98.6 Å². The zero-order valence-corrected chi connectivity index (χ0v) is 35.2. The van der Waals surface area contributed by atoms with Gasteiger partial charge in [0.05, 0.1) is 0 Å². The van der Waals surface area contributed by atoms with Crippen LogP contribution in [0.5, 0.6) is 0 Å². The first-order chi connectivity index (χ1) is 20.0. The van der Waals surface area contributed by atoms with Gasteiger partial charge < -0.3 is 24.8 Å². The number of halogens is 2. The van der Waals surface area contributed by atoms with Gasteiger partial charge in [-0.05, 0) is 68.0 Å². The van der Waals surface area contributed by atoms with Crippen molar-refractivity contribution in [1.29, 1.82) is 0 Å². The van der Waals surface area contributed by atoms with Crippen molar-refractivity contribution in [3.63, 3.8) is 0 Å². The number of rotatable bonds is 1. The Morgan fingerprint density at radius 3 is 1.89 bits per heavy atom. The summed E-state index contributed by atoms with van der Waals surface area (Å²) >= 11 is 1.55. The molecule has 0 N–H and O–H groups in total. The van der Waals surface area contributed by atoms with Crippen molar-refractivity contribution in [2.75, 3.05) is 0 Å². The number of aryl methyl sites for hydroxylation is 1. The minimum absolute atomic E-state index is 0. The third-order valence-corrected chi connectivity index (χ3v) is 12.6. The molecule has 0 aromatic heterocycles. The Morgan fingerprint density at radius 2 is 1.40 bits per heavy atom. The summed E-state index contributed by atoms with van der Waals surface area (Å²) < 4.78 is 1.51. The van der Waals surface area contributed by atoms with Gasteiger partial charge in [-0.3, -0.25) is 6.08 Å². The van der Waals surface area contributed by atoms with Crippen LogP contribution >= 0.6 is 0 Å². The van der Waals surface area contributed by atoms with Crippen LogP contribution in [0.4, 0.5) is 0 Å². The average Bonchev–Trinajstić information content (AvgIpc) is 3.50. The van der Waals surface area contributed by atoms with E-state index < -0.39 is 8.07 Å². The van der Waals surface area contributed by atoms with Crippen LogP contribution < -0.4 is 24.8 Å². The van der Waals surface area contributed by atoms with Gasteiger partial charge in [0, 0.05) is 0 Å².